The van der Waals surface area contributed by atoms with Gasteiger partial charge in [0.2, 0.25) is 5.28 Å². The molecule has 13 heavy (non-hydrogen) atoms. The van der Waals surface area contributed by atoms with Gasteiger partial charge in [0.1, 0.15) is 10.6 Å². The van der Waals surface area contributed by atoms with Crippen molar-refractivity contribution < 1.29 is 4.74 Å². The molecule has 0 bridgehead atoms. The summed E-state index contributed by atoms with van der Waals surface area (Å²) >= 11 is 8.46. The SMILES string of the molecule is COc1ccsc1-c1nc(Cl)ns1. The molecule has 0 saturated carbocycles. The van der Waals surface area contributed by atoms with Crippen LogP contribution in [0, 0.1) is 0 Å². The number of methoxy groups -OCH3 is 1. The molecule has 0 fully saturated rings. The highest BCUT2D eigenvalue weighted by atomic mass is 35.5. The third-order valence-electron chi connectivity index (χ3n) is 1.44. The fraction of sp³-hybridized carbons (Fsp3) is 0.143. The number of hydrogen-bond donors (Lipinski definition) is 0. The van der Waals surface area contributed by atoms with E-state index in [0.29, 0.717) is 0 Å². The zero-order valence-electron chi connectivity index (χ0n) is 6.65. The van der Waals surface area contributed by atoms with Crippen molar-refractivity contribution in [3.05, 3.63) is 16.7 Å². The maximum absolute atomic E-state index is 5.62. The number of nitrogens with zero attached hydrogens (tertiary/aromatic N) is 2. The summed E-state index contributed by atoms with van der Waals surface area (Å²) in [6.45, 7) is 0. The van der Waals surface area contributed by atoms with Gasteiger partial charge in [-0.3, -0.25) is 0 Å². The maximum atomic E-state index is 5.62. The van der Waals surface area contributed by atoms with Crippen molar-refractivity contribution in [2.24, 2.45) is 0 Å². The molecule has 0 aliphatic carbocycles. The van der Waals surface area contributed by atoms with E-state index < -0.39 is 0 Å². The van der Waals surface area contributed by atoms with Gasteiger partial charge in [-0.05, 0) is 34.6 Å². The first-order valence-electron chi connectivity index (χ1n) is 3.42. The van der Waals surface area contributed by atoms with Gasteiger partial charge in [0.25, 0.3) is 0 Å². The van der Waals surface area contributed by atoms with Crippen LogP contribution in [-0.2, 0) is 0 Å². The Labute approximate surface area is 88.1 Å². The largest absolute Gasteiger partial charge is 0.495 e. The van der Waals surface area contributed by atoms with Crippen LogP contribution >= 0.6 is 34.5 Å². The van der Waals surface area contributed by atoms with Gasteiger partial charge in [0.15, 0.2) is 5.01 Å². The molecule has 0 spiro atoms. The van der Waals surface area contributed by atoms with Crippen molar-refractivity contribution in [2.45, 2.75) is 0 Å². The molecule has 68 valence electrons. The highest BCUT2D eigenvalue weighted by Gasteiger charge is 2.11. The van der Waals surface area contributed by atoms with E-state index in [0.717, 1.165) is 15.6 Å². The van der Waals surface area contributed by atoms with Crippen molar-refractivity contribution in [3.63, 3.8) is 0 Å². The zero-order valence-corrected chi connectivity index (χ0v) is 9.04. The van der Waals surface area contributed by atoms with Crippen LogP contribution in [0.5, 0.6) is 5.75 Å². The zero-order chi connectivity index (χ0) is 9.26. The van der Waals surface area contributed by atoms with E-state index in [4.69, 9.17) is 16.3 Å². The number of ether oxygens (including phenoxy) is 1. The molecule has 0 unspecified atom stereocenters. The summed E-state index contributed by atoms with van der Waals surface area (Å²) < 4.78 is 9.05. The van der Waals surface area contributed by atoms with Gasteiger partial charge in [0.05, 0.1) is 7.11 Å². The molecule has 2 aromatic rings. The predicted octanol–water partition coefficient (Wildman–Crippen LogP) is 2.93. The fourth-order valence-corrected chi connectivity index (χ4v) is 2.66. The maximum Gasteiger partial charge on any atom is 0.234 e. The van der Waals surface area contributed by atoms with Crippen LogP contribution in [0.2, 0.25) is 5.28 Å². The van der Waals surface area contributed by atoms with Crippen LogP contribution < -0.4 is 4.74 Å². The van der Waals surface area contributed by atoms with Gasteiger partial charge in [-0.25, -0.2) is 4.98 Å². The molecule has 0 radical (unpaired) electrons. The summed E-state index contributed by atoms with van der Waals surface area (Å²) in [5.41, 5.74) is 0. The number of thiophene rings is 1. The molecule has 0 saturated heterocycles. The lowest BCUT2D eigenvalue weighted by atomic mass is 10.4. The summed E-state index contributed by atoms with van der Waals surface area (Å²) in [5.74, 6) is 0.817. The molecular weight excluding hydrogens is 228 g/mol. The minimum Gasteiger partial charge on any atom is -0.495 e. The molecule has 2 aromatic heterocycles. The number of aromatic nitrogens is 2. The first kappa shape index (κ1) is 8.93. The van der Waals surface area contributed by atoms with Gasteiger partial charge in [0, 0.05) is 0 Å². The van der Waals surface area contributed by atoms with Crippen LogP contribution in [0.25, 0.3) is 9.88 Å². The van der Waals surface area contributed by atoms with Crippen molar-refractivity contribution >= 4 is 34.5 Å². The Morgan fingerprint density at radius 1 is 1.54 bits per heavy atom. The first-order valence-corrected chi connectivity index (χ1v) is 5.45. The molecule has 0 aliphatic rings. The summed E-state index contributed by atoms with van der Waals surface area (Å²) in [5, 5.41) is 3.04. The number of halogens is 1. The lowest BCUT2D eigenvalue weighted by Gasteiger charge is -1.96. The lowest BCUT2D eigenvalue weighted by Crippen LogP contribution is -1.81. The van der Waals surface area contributed by atoms with E-state index in [-0.39, 0.29) is 5.28 Å². The van der Waals surface area contributed by atoms with Gasteiger partial charge in [-0.2, -0.15) is 4.37 Å². The van der Waals surface area contributed by atoms with Gasteiger partial charge in [-0.15, -0.1) is 11.3 Å². The standard InChI is InChI=1S/C7H5ClN2OS2/c1-11-4-2-3-12-5(4)6-9-7(8)10-13-6/h2-3H,1H3. The monoisotopic (exact) mass is 232 g/mol. The third kappa shape index (κ3) is 1.67. The van der Waals surface area contributed by atoms with Crippen LogP contribution in [0.1, 0.15) is 0 Å². The Bertz CT molecular complexity index is 412. The van der Waals surface area contributed by atoms with Crippen molar-refractivity contribution in [1.82, 2.24) is 9.36 Å². The Balaban J connectivity index is 2.45. The quantitative estimate of drug-likeness (QED) is 0.799. The highest BCUT2D eigenvalue weighted by molar-refractivity contribution is 7.18. The summed E-state index contributed by atoms with van der Waals surface area (Å²) in [7, 11) is 1.63. The molecule has 3 nitrogen and oxygen atoms in total. The van der Waals surface area contributed by atoms with E-state index in [9.17, 15) is 0 Å². The van der Waals surface area contributed by atoms with E-state index >= 15 is 0 Å². The van der Waals surface area contributed by atoms with E-state index in [1.807, 2.05) is 11.4 Å². The Hall–Kier alpha value is -0.650. The second kappa shape index (κ2) is 3.61. The third-order valence-corrected chi connectivity index (χ3v) is 3.48. The van der Waals surface area contributed by atoms with Gasteiger partial charge < -0.3 is 4.74 Å². The summed E-state index contributed by atoms with van der Waals surface area (Å²) in [6, 6.07) is 1.90. The van der Waals surface area contributed by atoms with E-state index in [2.05, 4.69) is 9.36 Å². The van der Waals surface area contributed by atoms with Crippen LogP contribution in [0.15, 0.2) is 11.4 Å². The van der Waals surface area contributed by atoms with E-state index in [1.54, 1.807) is 18.4 Å². The Morgan fingerprint density at radius 2 is 2.38 bits per heavy atom. The molecule has 0 aromatic carbocycles. The molecule has 6 heteroatoms. The average molecular weight is 233 g/mol. The summed E-state index contributed by atoms with van der Waals surface area (Å²) in [4.78, 5) is 5.04. The normalized spacial score (nSPS) is 10.3. The molecule has 0 atom stereocenters. The molecular formula is C7H5ClN2OS2. The first-order chi connectivity index (χ1) is 6.31. The summed E-state index contributed by atoms with van der Waals surface area (Å²) in [6.07, 6.45) is 0. The predicted molar refractivity (Wildman–Crippen MR) is 54.8 cm³/mol. The molecule has 2 rings (SSSR count). The molecule has 2 heterocycles. The average Bonchev–Trinajstić information content (AvgIpc) is 2.71. The van der Waals surface area contributed by atoms with Crippen molar-refractivity contribution in [2.75, 3.05) is 7.11 Å². The minimum atomic E-state index is 0.287. The molecule has 0 amide bonds. The van der Waals surface area contributed by atoms with Crippen LogP contribution in [-0.4, -0.2) is 16.5 Å². The molecule has 0 N–H and O–H groups in total. The lowest BCUT2D eigenvalue weighted by molar-refractivity contribution is 0.418. The highest BCUT2D eigenvalue weighted by Crippen LogP contribution is 2.36. The Morgan fingerprint density at radius 3 is 3.00 bits per heavy atom. The second-order valence-corrected chi connectivity index (χ2v) is 4.19. The number of hydrogen-bond acceptors (Lipinski definition) is 5. The number of rotatable bonds is 2. The van der Waals surface area contributed by atoms with Crippen LogP contribution in [0.4, 0.5) is 0 Å². The van der Waals surface area contributed by atoms with Crippen LogP contribution in [0.3, 0.4) is 0 Å². The fourth-order valence-electron chi connectivity index (χ4n) is 0.912. The Kier molecular flexibility index (Phi) is 2.48. The smallest absolute Gasteiger partial charge is 0.234 e. The topological polar surface area (TPSA) is 35.0 Å². The molecule has 0 aliphatic heterocycles. The second-order valence-electron chi connectivity index (χ2n) is 2.19. The minimum absolute atomic E-state index is 0.287. The van der Waals surface area contributed by atoms with Crippen molar-refractivity contribution in [3.8, 4) is 15.6 Å². The van der Waals surface area contributed by atoms with E-state index in [1.165, 1.54) is 11.5 Å². The van der Waals surface area contributed by atoms with Gasteiger partial charge >= 0.3 is 0 Å². The van der Waals surface area contributed by atoms with Gasteiger partial charge in [-0.1, -0.05) is 0 Å². The van der Waals surface area contributed by atoms with Crippen molar-refractivity contribution in [1.29, 1.82) is 0 Å².